The van der Waals surface area contributed by atoms with Gasteiger partial charge in [0.05, 0.1) is 12.8 Å². The van der Waals surface area contributed by atoms with Gasteiger partial charge in [0.25, 0.3) is 0 Å². The first-order valence-electron chi connectivity index (χ1n) is 5.84. The van der Waals surface area contributed by atoms with Crippen molar-refractivity contribution < 1.29 is 4.42 Å². The summed E-state index contributed by atoms with van der Waals surface area (Å²) in [6, 6.07) is 5.24. The molecule has 15 heavy (non-hydrogen) atoms. The maximum absolute atomic E-state index is 5.26. The molecular weight excluding hydrogens is 188 g/mol. The van der Waals surface area contributed by atoms with E-state index in [1.54, 1.807) is 6.26 Å². The van der Waals surface area contributed by atoms with Crippen LogP contribution in [-0.2, 0) is 6.54 Å². The van der Waals surface area contributed by atoms with Gasteiger partial charge in [-0.1, -0.05) is 6.42 Å². The molecule has 2 heterocycles. The largest absolute Gasteiger partial charge is 0.468 e. The van der Waals surface area contributed by atoms with Crippen molar-refractivity contribution in [2.45, 2.75) is 44.8 Å². The zero-order valence-electron chi connectivity index (χ0n) is 9.33. The van der Waals surface area contributed by atoms with Gasteiger partial charge in [-0.3, -0.25) is 0 Å². The molecule has 0 saturated carbocycles. The Morgan fingerprint density at radius 3 is 3.20 bits per heavy atom. The summed E-state index contributed by atoms with van der Waals surface area (Å²) in [4.78, 5) is 0. The quantitative estimate of drug-likeness (QED) is 0.793. The van der Waals surface area contributed by atoms with Gasteiger partial charge >= 0.3 is 0 Å². The standard InChI is InChI=1S/C12H20N2O/c1-10-4-2-5-11(14-10)8-13-9-12-6-3-7-15-12/h3,6-7,10-11,13-14H,2,4-5,8-9H2,1H3. The first kappa shape index (κ1) is 10.7. The normalized spacial score (nSPS) is 26.7. The van der Waals surface area contributed by atoms with Crippen LogP contribution in [0.1, 0.15) is 31.9 Å². The minimum absolute atomic E-state index is 0.628. The minimum Gasteiger partial charge on any atom is -0.468 e. The van der Waals surface area contributed by atoms with Crippen LogP contribution >= 0.6 is 0 Å². The average Bonchev–Trinajstić information content (AvgIpc) is 2.71. The Labute approximate surface area is 91.2 Å². The predicted octanol–water partition coefficient (Wildman–Crippen LogP) is 1.90. The van der Waals surface area contributed by atoms with E-state index in [2.05, 4.69) is 17.6 Å². The van der Waals surface area contributed by atoms with E-state index in [0.717, 1.165) is 18.8 Å². The van der Waals surface area contributed by atoms with Crippen LogP contribution in [0.4, 0.5) is 0 Å². The lowest BCUT2D eigenvalue weighted by Crippen LogP contribution is -2.45. The molecule has 3 nitrogen and oxygen atoms in total. The van der Waals surface area contributed by atoms with Crippen molar-refractivity contribution in [3.05, 3.63) is 24.2 Å². The van der Waals surface area contributed by atoms with E-state index < -0.39 is 0 Å². The van der Waals surface area contributed by atoms with E-state index in [-0.39, 0.29) is 0 Å². The molecule has 84 valence electrons. The molecule has 1 aromatic rings. The summed E-state index contributed by atoms with van der Waals surface area (Å²) >= 11 is 0. The van der Waals surface area contributed by atoms with E-state index in [0.29, 0.717) is 12.1 Å². The lowest BCUT2D eigenvalue weighted by atomic mass is 10.00. The zero-order valence-corrected chi connectivity index (χ0v) is 9.33. The van der Waals surface area contributed by atoms with Crippen LogP contribution in [0.2, 0.25) is 0 Å². The second kappa shape index (κ2) is 5.33. The van der Waals surface area contributed by atoms with Crippen molar-refractivity contribution in [1.82, 2.24) is 10.6 Å². The molecule has 1 fully saturated rings. The van der Waals surface area contributed by atoms with Gasteiger partial charge in [-0.25, -0.2) is 0 Å². The van der Waals surface area contributed by atoms with Crippen molar-refractivity contribution in [3.63, 3.8) is 0 Å². The highest BCUT2D eigenvalue weighted by Crippen LogP contribution is 2.11. The third-order valence-corrected chi connectivity index (χ3v) is 2.98. The molecule has 0 aliphatic carbocycles. The number of hydrogen-bond acceptors (Lipinski definition) is 3. The van der Waals surface area contributed by atoms with Crippen LogP contribution in [0, 0.1) is 0 Å². The van der Waals surface area contributed by atoms with Crippen LogP contribution in [0.5, 0.6) is 0 Å². The smallest absolute Gasteiger partial charge is 0.117 e. The maximum atomic E-state index is 5.26. The Morgan fingerprint density at radius 2 is 2.47 bits per heavy atom. The number of rotatable bonds is 4. The molecule has 0 spiro atoms. The summed E-state index contributed by atoms with van der Waals surface area (Å²) in [5.74, 6) is 1.01. The summed E-state index contributed by atoms with van der Waals surface area (Å²) in [6.45, 7) is 4.13. The molecule has 1 aliphatic rings. The number of piperidine rings is 1. The Kier molecular flexibility index (Phi) is 3.80. The lowest BCUT2D eigenvalue weighted by Gasteiger charge is -2.28. The molecule has 2 atom stereocenters. The molecule has 2 rings (SSSR count). The predicted molar refractivity (Wildman–Crippen MR) is 60.7 cm³/mol. The highest BCUT2D eigenvalue weighted by atomic mass is 16.3. The van der Waals surface area contributed by atoms with Gasteiger partial charge < -0.3 is 15.1 Å². The van der Waals surface area contributed by atoms with Crippen LogP contribution in [0.15, 0.2) is 22.8 Å². The molecular formula is C12H20N2O. The van der Waals surface area contributed by atoms with E-state index in [1.165, 1.54) is 19.3 Å². The first-order chi connectivity index (χ1) is 7.34. The molecule has 2 unspecified atom stereocenters. The molecule has 3 heteroatoms. The van der Waals surface area contributed by atoms with Gasteiger partial charge in [0, 0.05) is 18.6 Å². The molecule has 0 radical (unpaired) electrons. The zero-order chi connectivity index (χ0) is 10.5. The number of hydrogen-bond donors (Lipinski definition) is 2. The molecule has 2 N–H and O–H groups in total. The van der Waals surface area contributed by atoms with Crippen LogP contribution in [-0.4, -0.2) is 18.6 Å². The van der Waals surface area contributed by atoms with E-state index in [1.807, 2.05) is 12.1 Å². The van der Waals surface area contributed by atoms with E-state index in [9.17, 15) is 0 Å². The van der Waals surface area contributed by atoms with Gasteiger partial charge in [-0.2, -0.15) is 0 Å². The molecule has 0 aromatic carbocycles. The summed E-state index contributed by atoms with van der Waals surface area (Å²) in [5.41, 5.74) is 0. The van der Waals surface area contributed by atoms with Crippen molar-refractivity contribution in [3.8, 4) is 0 Å². The van der Waals surface area contributed by atoms with Crippen LogP contribution in [0.25, 0.3) is 0 Å². The summed E-state index contributed by atoms with van der Waals surface area (Å²) in [5, 5.41) is 7.03. The summed E-state index contributed by atoms with van der Waals surface area (Å²) in [7, 11) is 0. The first-order valence-corrected chi connectivity index (χ1v) is 5.84. The lowest BCUT2D eigenvalue weighted by molar-refractivity contribution is 0.321. The van der Waals surface area contributed by atoms with Crippen molar-refractivity contribution in [2.75, 3.05) is 6.54 Å². The second-order valence-electron chi connectivity index (χ2n) is 4.41. The Bertz CT molecular complexity index is 271. The molecule has 1 saturated heterocycles. The highest BCUT2D eigenvalue weighted by molar-refractivity contribution is 4.97. The Morgan fingerprint density at radius 1 is 1.53 bits per heavy atom. The SMILES string of the molecule is CC1CCCC(CNCc2ccco2)N1. The van der Waals surface area contributed by atoms with Gasteiger partial charge in [0.1, 0.15) is 5.76 Å². The van der Waals surface area contributed by atoms with Gasteiger partial charge in [0.2, 0.25) is 0 Å². The third kappa shape index (κ3) is 3.36. The number of nitrogens with one attached hydrogen (secondary N) is 2. The fourth-order valence-corrected chi connectivity index (χ4v) is 2.18. The minimum atomic E-state index is 0.628. The average molecular weight is 208 g/mol. The highest BCUT2D eigenvalue weighted by Gasteiger charge is 2.16. The van der Waals surface area contributed by atoms with Gasteiger partial charge in [-0.05, 0) is 31.9 Å². The fraction of sp³-hybridized carbons (Fsp3) is 0.667. The van der Waals surface area contributed by atoms with Crippen LogP contribution < -0.4 is 10.6 Å². The third-order valence-electron chi connectivity index (χ3n) is 2.98. The molecule has 1 aromatic heterocycles. The monoisotopic (exact) mass is 208 g/mol. The van der Waals surface area contributed by atoms with Crippen molar-refractivity contribution in [2.24, 2.45) is 0 Å². The fourth-order valence-electron chi connectivity index (χ4n) is 2.18. The molecule has 0 amide bonds. The van der Waals surface area contributed by atoms with Crippen molar-refractivity contribution >= 4 is 0 Å². The Hall–Kier alpha value is -0.800. The number of furan rings is 1. The van der Waals surface area contributed by atoms with Crippen molar-refractivity contribution in [1.29, 1.82) is 0 Å². The maximum Gasteiger partial charge on any atom is 0.117 e. The molecule has 0 bridgehead atoms. The topological polar surface area (TPSA) is 37.2 Å². The van der Waals surface area contributed by atoms with Gasteiger partial charge in [0.15, 0.2) is 0 Å². The van der Waals surface area contributed by atoms with Crippen LogP contribution in [0.3, 0.4) is 0 Å². The van der Waals surface area contributed by atoms with E-state index >= 15 is 0 Å². The Balaban J connectivity index is 1.65. The molecule has 1 aliphatic heterocycles. The second-order valence-corrected chi connectivity index (χ2v) is 4.41. The van der Waals surface area contributed by atoms with E-state index in [4.69, 9.17) is 4.42 Å². The summed E-state index contributed by atoms with van der Waals surface area (Å²) in [6.07, 6.45) is 5.67. The summed E-state index contributed by atoms with van der Waals surface area (Å²) < 4.78 is 5.26. The van der Waals surface area contributed by atoms with Gasteiger partial charge in [-0.15, -0.1) is 0 Å².